The minimum absolute atomic E-state index is 0.0670. The number of fused-ring (bicyclic) bond motifs is 1. The van der Waals surface area contributed by atoms with E-state index in [1.54, 1.807) is 34.7 Å². The van der Waals surface area contributed by atoms with Crippen LogP contribution in [0.2, 0.25) is 5.02 Å². The van der Waals surface area contributed by atoms with Crippen LogP contribution in [0.4, 0.5) is 0 Å². The number of amides is 1. The van der Waals surface area contributed by atoms with Gasteiger partial charge in [-0.05, 0) is 49.8 Å². The molecule has 0 radical (unpaired) electrons. The first-order valence-electron chi connectivity index (χ1n) is 9.90. The number of halogens is 1. The van der Waals surface area contributed by atoms with Crippen LogP contribution in [-0.2, 0) is 11.3 Å². The summed E-state index contributed by atoms with van der Waals surface area (Å²) in [6.07, 6.45) is 1.47. The minimum Gasteiger partial charge on any atom is -0.336 e. The van der Waals surface area contributed by atoms with E-state index in [-0.39, 0.29) is 22.9 Å². The predicted molar refractivity (Wildman–Crippen MR) is 116 cm³/mol. The van der Waals surface area contributed by atoms with E-state index in [1.807, 2.05) is 13.8 Å². The van der Waals surface area contributed by atoms with Gasteiger partial charge in [0.25, 0.3) is 5.56 Å². The Bertz CT molecular complexity index is 914. The molecule has 0 saturated heterocycles. The molecule has 2 aromatic rings. The van der Waals surface area contributed by atoms with E-state index in [1.165, 1.54) is 0 Å². The maximum Gasteiger partial charge on any atom is 0.261 e. The lowest BCUT2D eigenvalue weighted by Gasteiger charge is -2.29. The molecule has 2 unspecified atom stereocenters. The van der Waals surface area contributed by atoms with Crippen LogP contribution in [-0.4, -0.2) is 27.4 Å². The maximum absolute atomic E-state index is 12.9. The van der Waals surface area contributed by atoms with Gasteiger partial charge in [-0.1, -0.05) is 39.3 Å². The van der Waals surface area contributed by atoms with Crippen molar-refractivity contribution in [1.29, 1.82) is 0 Å². The molecule has 1 aromatic carbocycles. The Morgan fingerprint density at radius 3 is 2.50 bits per heavy atom. The van der Waals surface area contributed by atoms with Gasteiger partial charge >= 0.3 is 0 Å². The van der Waals surface area contributed by atoms with Gasteiger partial charge in [-0.2, -0.15) is 0 Å². The number of rotatable bonds is 6. The van der Waals surface area contributed by atoms with Crippen molar-refractivity contribution in [3.63, 3.8) is 0 Å². The predicted octanol–water partition coefficient (Wildman–Crippen LogP) is 5.05. The summed E-state index contributed by atoms with van der Waals surface area (Å²) < 4.78 is 1.63. The molecule has 28 heavy (non-hydrogen) atoms. The molecular formula is C22H32ClN3O2. The summed E-state index contributed by atoms with van der Waals surface area (Å²) in [6.45, 7) is 13.0. The molecule has 0 fully saturated rings. The molecule has 0 saturated carbocycles. The van der Waals surface area contributed by atoms with Gasteiger partial charge in [0.2, 0.25) is 5.91 Å². The average molecular weight is 406 g/mol. The Morgan fingerprint density at radius 1 is 1.29 bits per heavy atom. The van der Waals surface area contributed by atoms with E-state index in [4.69, 9.17) is 16.6 Å². The first kappa shape index (κ1) is 22.4. The highest BCUT2D eigenvalue weighted by Crippen LogP contribution is 2.27. The van der Waals surface area contributed by atoms with E-state index >= 15 is 0 Å². The van der Waals surface area contributed by atoms with Crippen molar-refractivity contribution in [2.45, 2.75) is 67.0 Å². The molecule has 0 bridgehead atoms. The molecule has 1 amide bonds. The van der Waals surface area contributed by atoms with Gasteiger partial charge in [0.05, 0.1) is 16.9 Å². The summed E-state index contributed by atoms with van der Waals surface area (Å²) in [5, 5.41) is 1.01. The van der Waals surface area contributed by atoms with Gasteiger partial charge in [-0.3, -0.25) is 14.2 Å². The molecule has 1 aromatic heterocycles. The molecule has 0 aliphatic heterocycles. The minimum atomic E-state index is -0.304. The molecule has 1 heterocycles. The zero-order valence-corrected chi connectivity index (χ0v) is 18.8. The highest BCUT2D eigenvalue weighted by Gasteiger charge is 2.25. The second kappa shape index (κ2) is 8.64. The number of hydrogen-bond donors (Lipinski definition) is 0. The van der Waals surface area contributed by atoms with Gasteiger partial charge in [0.1, 0.15) is 5.82 Å². The Balaban J connectivity index is 2.33. The van der Waals surface area contributed by atoms with Crippen molar-refractivity contribution in [3.8, 4) is 0 Å². The van der Waals surface area contributed by atoms with Crippen molar-refractivity contribution < 1.29 is 4.79 Å². The van der Waals surface area contributed by atoms with Crippen molar-refractivity contribution in [1.82, 2.24) is 14.5 Å². The molecule has 6 heteroatoms. The van der Waals surface area contributed by atoms with Gasteiger partial charge in [0, 0.05) is 25.0 Å². The summed E-state index contributed by atoms with van der Waals surface area (Å²) in [6, 6.07) is 4.82. The van der Waals surface area contributed by atoms with Gasteiger partial charge in [-0.15, -0.1) is 0 Å². The third kappa shape index (κ3) is 5.13. The molecule has 154 valence electrons. The van der Waals surface area contributed by atoms with Crippen LogP contribution < -0.4 is 5.56 Å². The third-order valence-electron chi connectivity index (χ3n) is 5.09. The van der Waals surface area contributed by atoms with Crippen molar-refractivity contribution in [3.05, 3.63) is 39.4 Å². The molecule has 0 N–H and O–H groups in total. The van der Waals surface area contributed by atoms with Gasteiger partial charge in [-0.25, -0.2) is 4.98 Å². The number of nitrogens with zero attached hydrogens (tertiary/aromatic N) is 3. The van der Waals surface area contributed by atoms with Crippen LogP contribution in [0.3, 0.4) is 0 Å². The summed E-state index contributed by atoms with van der Waals surface area (Å²) in [5.41, 5.74) is 0.662. The van der Waals surface area contributed by atoms with Crippen molar-refractivity contribution >= 4 is 28.4 Å². The quantitative estimate of drug-likeness (QED) is 0.675. The summed E-state index contributed by atoms with van der Waals surface area (Å²) in [5.74, 6) is 0.959. The molecule has 5 nitrogen and oxygen atoms in total. The Kier molecular flexibility index (Phi) is 6.92. The zero-order valence-electron chi connectivity index (χ0n) is 18.0. The summed E-state index contributed by atoms with van der Waals surface area (Å²) in [4.78, 5) is 32.2. The molecular weight excluding hydrogens is 374 g/mol. The summed E-state index contributed by atoms with van der Waals surface area (Å²) in [7, 11) is 1.79. The van der Waals surface area contributed by atoms with Crippen LogP contribution in [0.5, 0.6) is 0 Å². The number of hydrogen-bond acceptors (Lipinski definition) is 3. The van der Waals surface area contributed by atoms with Crippen molar-refractivity contribution in [2.24, 2.45) is 11.3 Å². The van der Waals surface area contributed by atoms with Gasteiger partial charge in [0.15, 0.2) is 0 Å². The smallest absolute Gasteiger partial charge is 0.261 e. The highest BCUT2D eigenvalue weighted by atomic mass is 35.5. The molecule has 0 spiro atoms. The molecule has 0 aliphatic carbocycles. The largest absolute Gasteiger partial charge is 0.336 e. The Labute approximate surface area is 172 Å². The fourth-order valence-electron chi connectivity index (χ4n) is 3.78. The monoisotopic (exact) mass is 405 g/mol. The molecule has 2 rings (SSSR count). The van der Waals surface area contributed by atoms with E-state index in [2.05, 4.69) is 27.7 Å². The number of aromatic nitrogens is 2. The second-order valence-corrected chi connectivity index (χ2v) is 9.37. The summed E-state index contributed by atoms with van der Waals surface area (Å²) >= 11 is 6.05. The fraction of sp³-hybridized carbons (Fsp3) is 0.591. The van der Waals surface area contributed by atoms with Crippen LogP contribution >= 0.6 is 11.6 Å². The van der Waals surface area contributed by atoms with E-state index in [0.717, 1.165) is 6.42 Å². The number of benzene rings is 1. The number of carbonyl (C=O) groups is 1. The average Bonchev–Trinajstić information content (AvgIpc) is 2.59. The van der Waals surface area contributed by atoms with Crippen LogP contribution in [0, 0.1) is 11.3 Å². The van der Waals surface area contributed by atoms with E-state index < -0.39 is 0 Å². The number of carbonyl (C=O) groups excluding carboxylic acids is 1. The molecule has 0 aliphatic rings. The zero-order chi connectivity index (χ0) is 21.2. The van der Waals surface area contributed by atoms with Crippen LogP contribution in [0.15, 0.2) is 23.0 Å². The first-order valence-corrected chi connectivity index (χ1v) is 10.3. The first-order chi connectivity index (χ1) is 12.9. The normalized spacial score (nSPS) is 14.1. The second-order valence-electron chi connectivity index (χ2n) is 8.94. The third-order valence-corrected chi connectivity index (χ3v) is 5.33. The van der Waals surface area contributed by atoms with Crippen LogP contribution in [0.25, 0.3) is 10.9 Å². The lowest BCUT2D eigenvalue weighted by molar-refractivity contribution is -0.133. The lowest BCUT2D eigenvalue weighted by Crippen LogP contribution is -2.36. The standard InChI is InChI=1S/C22H32ClN3O2/c1-8-26-20(24-18-10-9-16(23)12-17(18)21(26)28)15(3)25(7)19(27)11-14(2)13-22(4,5)6/h9-10,12,14-15H,8,11,13H2,1-7H3. The van der Waals surface area contributed by atoms with E-state index in [9.17, 15) is 9.59 Å². The maximum atomic E-state index is 12.9. The SMILES string of the molecule is CCn1c(C(C)N(C)C(=O)CC(C)CC(C)(C)C)nc2ccc(Cl)cc2c1=O. The Hall–Kier alpha value is -1.88. The highest BCUT2D eigenvalue weighted by molar-refractivity contribution is 6.31. The van der Waals surface area contributed by atoms with Crippen molar-refractivity contribution in [2.75, 3.05) is 7.05 Å². The van der Waals surface area contributed by atoms with E-state index in [0.29, 0.717) is 40.6 Å². The van der Waals surface area contributed by atoms with Crippen LogP contribution in [0.1, 0.15) is 66.3 Å². The fourth-order valence-corrected chi connectivity index (χ4v) is 3.96. The lowest BCUT2D eigenvalue weighted by atomic mass is 9.84. The topological polar surface area (TPSA) is 55.2 Å². The van der Waals surface area contributed by atoms with Gasteiger partial charge < -0.3 is 4.90 Å². The molecule has 2 atom stereocenters. The Morgan fingerprint density at radius 2 is 1.93 bits per heavy atom.